The molecule has 1 N–H and O–H groups in total. The van der Waals surface area contributed by atoms with Crippen molar-refractivity contribution in [2.75, 3.05) is 6.54 Å². The Labute approximate surface area is 102 Å². The summed E-state index contributed by atoms with van der Waals surface area (Å²) in [6.07, 6.45) is 5.58. The molecule has 0 bridgehead atoms. The summed E-state index contributed by atoms with van der Waals surface area (Å²) < 4.78 is 0. The van der Waals surface area contributed by atoms with Gasteiger partial charge >= 0.3 is 5.97 Å². The third-order valence-corrected chi connectivity index (χ3v) is 4.20. The second kappa shape index (κ2) is 5.07. The zero-order valence-electron chi connectivity index (χ0n) is 10.4. The fraction of sp³-hybridized carbons (Fsp3) is 0.846. The molecule has 2 fully saturated rings. The van der Waals surface area contributed by atoms with Crippen molar-refractivity contribution >= 4 is 11.9 Å². The van der Waals surface area contributed by atoms with E-state index in [0.717, 1.165) is 18.8 Å². The van der Waals surface area contributed by atoms with Crippen LogP contribution in [0.5, 0.6) is 0 Å². The summed E-state index contributed by atoms with van der Waals surface area (Å²) in [5.74, 6) is 0.474. The van der Waals surface area contributed by atoms with Gasteiger partial charge in [0.2, 0.25) is 5.91 Å². The summed E-state index contributed by atoms with van der Waals surface area (Å²) in [5, 5.41) is 9.08. The van der Waals surface area contributed by atoms with Crippen LogP contribution in [0.2, 0.25) is 0 Å². The van der Waals surface area contributed by atoms with Crippen LogP contribution in [0.25, 0.3) is 0 Å². The molecule has 0 aromatic heterocycles. The summed E-state index contributed by atoms with van der Waals surface area (Å²) in [5.41, 5.74) is 0. The molecule has 4 heteroatoms. The highest BCUT2D eigenvalue weighted by Crippen LogP contribution is 2.31. The van der Waals surface area contributed by atoms with Crippen molar-refractivity contribution in [1.29, 1.82) is 0 Å². The Bertz CT molecular complexity index is 308. The predicted octanol–water partition coefficient (Wildman–Crippen LogP) is 1.89. The minimum absolute atomic E-state index is 0.0241. The standard InChI is InChI=1S/C13H21NO3/c1-9-2-4-10(5-3-9)8-14-11(13(16)17)6-7-12(14)15/h9-11H,2-8H2,1H3,(H,16,17). The van der Waals surface area contributed by atoms with Crippen molar-refractivity contribution in [1.82, 2.24) is 4.90 Å². The highest BCUT2D eigenvalue weighted by molar-refractivity contribution is 5.87. The zero-order valence-corrected chi connectivity index (χ0v) is 10.4. The van der Waals surface area contributed by atoms with Gasteiger partial charge in [0, 0.05) is 13.0 Å². The van der Waals surface area contributed by atoms with Crippen LogP contribution in [0.4, 0.5) is 0 Å². The first-order valence-electron chi connectivity index (χ1n) is 6.60. The minimum atomic E-state index is -0.847. The lowest BCUT2D eigenvalue weighted by Gasteiger charge is -2.31. The highest BCUT2D eigenvalue weighted by atomic mass is 16.4. The van der Waals surface area contributed by atoms with E-state index >= 15 is 0 Å². The second-order valence-corrected chi connectivity index (χ2v) is 5.56. The van der Waals surface area contributed by atoms with E-state index in [1.165, 1.54) is 12.8 Å². The molecule has 2 aliphatic rings. The molecule has 0 aromatic rings. The molecule has 1 heterocycles. The Morgan fingerprint density at radius 3 is 2.53 bits per heavy atom. The molecule has 2 rings (SSSR count). The molecule has 0 aromatic carbocycles. The number of carboxylic acids is 1. The fourth-order valence-corrected chi connectivity index (χ4v) is 3.01. The molecule has 1 saturated heterocycles. The molecular weight excluding hydrogens is 218 g/mol. The number of rotatable bonds is 3. The number of likely N-dealkylation sites (tertiary alicyclic amines) is 1. The Kier molecular flexibility index (Phi) is 3.69. The van der Waals surface area contributed by atoms with Crippen LogP contribution in [0.15, 0.2) is 0 Å². The molecule has 1 atom stereocenters. The smallest absolute Gasteiger partial charge is 0.326 e. The Balaban J connectivity index is 1.92. The second-order valence-electron chi connectivity index (χ2n) is 5.56. The summed E-state index contributed by atoms with van der Waals surface area (Å²) in [4.78, 5) is 24.3. The molecule has 1 saturated carbocycles. The van der Waals surface area contributed by atoms with E-state index in [1.807, 2.05) is 0 Å². The number of carboxylic acid groups (broad SMARTS) is 1. The Morgan fingerprint density at radius 1 is 1.29 bits per heavy atom. The first-order chi connectivity index (χ1) is 8.08. The lowest BCUT2D eigenvalue weighted by Crippen LogP contribution is -2.42. The quantitative estimate of drug-likeness (QED) is 0.818. The number of carbonyl (C=O) groups is 2. The molecule has 96 valence electrons. The number of aliphatic carboxylic acids is 1. The average Bonchev–Trinajstić information content (AvgIpc) is 2.64. The molecule has 1 amide bonds. The first kappa shape index (κ1) is 12.4. The van der Waals surface area contributed by atoms with Gasteiger partial charge in [-0.3, -0.25) is 4.79 Å². The van der Waals surface area contributed by atoms with E-state index in [4.69, 9.17) is 5.11 Å². The van der Waals surface area contributed by atoms with Gasteiger partial charge in [0.1, 0.15) is 6.04 Å². The number of nitrogens with zero attached hydrogens (tertiary/aromatic N) is 1. The van der Waals surface area contributed by atoms with E-state index in [1.54, 1.807) is 4.90 Å². The fourth-order valence-electron chi connectivity index (χ4n) is 3.01. The van der Waals surface area contributed by atoms with Gasteiger partial charge in [-0.1, -0.05) is 19.8 Å². The van der Waals surface area contributed by atoms with E-state index in [-0.39, 0.29) is 5.91 Å². The summed E-state index contributed by atoms with van der Waals surface area (Å²) in [6, 6.07) is -0.568. The zero-order chi connectivity index (χ0) is 12.4. The van der Waals surface area contributed by atoms with E-state index < -0.39 is 12.0 Å². The van der Waals surface area contributed by atoms with E-state index in [0.29, 0.717) is 25.3 Å². The van der Waals surface area contributed by atoms with Gasteiger partial charge < -0.3 is 10.0 Å². The third kappa shape index (κ3) is 2.79. The Morgan fingerprint density at radius 2 is 1.94 bits per heavy atom. The van der Waals surface area contributed by atoms with E-state index in [2.05, 4.69) is 6.92 Å². The van der Waals surface area contributed by atoms with Crippen molar-refractivity contribution in [3.05, 3.63) is 0 Å². The molecular formula is C13H21NO3. The van der Waals surface area contributed by atoms with Gasteiger partial charge in [-0.05, 0) is 31.1 Å². The van der Waals surface area contributed by atoms with Crippen molar-refractivity contribution < 1.29 is 14.7 Å². The van der Waals surface area contributed by atoms with Gasteiger partial charge in [0.25, 0.3) is 0 Å². The maximum absolute atomic E-state index is 11.7. The maximum Gasteiger partial charge on any atom is 0.326 e. The van der Waals surface area contributed by atoms with Gasteiger partial charge in [0.15, 0.2) is 0 Å². The molecule has 1 aliphatic carbocycles. The summed E-state index contributed by atoms with van der Waals surface area (Å²) >= 11 is 0. The number of hydrogen-bond donors (Lipinski definition) is 1. The molecule has 1 unspecified atom stereocenters. The van der Waals surface area contributed by atoms with Crippen molar-refractivity contribution in [3.8, 4) is 0 Å². The molecule has 1 aliphatic heterocycles. The van der Waals surface area contributed by atoms with Crippen LogP contribution in [-0.4, -0.2) is 34.5 Å². The first-order valence-corrected chi connectivity index (χ1v) is 6.60. The lowest BCUT2D eigenvalue weighted by atomic mass is 9.83. The van der Waals surface area contributed by atoms with Crippen LogP contribution in [0, 0.1) is 11.8 Å². The molecule has 0 spiro atoms. The van der Waals surface area contributed by atoms with E-state index in [9.17, 15) is 9.59 Å². The van der Waals surface area contributed by atoms with Gasteiger partial charge in [-0.2, -0.15) is 0 Å². The van der Waals surface area contributed by atoms with Crippen LogP contribution in [-0.2, 0) is 9.59 Å². The summed E-state index contributed by atoms with van der Waals surface area (Å²) in [7, 11) is 0. The third-order valence-electron chi connectivity index (χ3n) is 4.20. The van der Waals surface area contributed by atoms with Gasteiger partial charge in [-0.25, -0.2) is 4.79 Å². The largest absolute Gasteiger partial charge is 0.480 e. The van der Waals surface area contributed by atoms with Crippen molar-refractivity contribution in [3.63, 3.8) is 0 Å². The monoisotopic (exact) mass is 239 g/mol. The van der Waals surface area contributed by atoms with Gasteiger partial charge in [0.05, 0.1) is 0 Å². The molecule has 0 radical (unpaired) electrons. The average molecular weight is 239 g/mol. The topological polar surface area (TPSA) is 57.6 Å². The van der Waals surface area contributed by atoms with Gasteiger partial charge in [-0.15, -0.1) is 0 Å². The van der Waals surface area contributed by atoms with Crippen LogP contribution in [0.3, 0.4) is 0 Å². The summed E-state index contributed by atoms with van der Waals surface area (Å²) in [6.45, 7) is 2.92. The number of hydrogen-bond acceptors (Lipinski definition) is 2. The Hall–Kier alpha value is -1.06. The van der Waals surface area contributed by atoms with Crippen molar-refractivity contribution in [2.45, 2.75) is 51.5 Å². The van der Waals surface area contributed by atoms with Crippen LogP contribution >= 0.6 is 0 Å². The van der Waals surface area contributed by atoms with Crippen LogP contribution in [0.1, 0.15) is 45.4 Å². The maximum atomic E-state index is 11.7. The SMILES string of the molecule is CC1CCC(CN2C(=O)CCC2C(=O)O)CC1. The van der Waals surface area contributed by atoms with Crippen molar-refractivity contribution in [2.24, 2.45) is 11.8 Å². The highest BCUT2D eigenvalue weighted by Gasteiger charge is 2.37. The predicted molar refractivity (Wildman–Crippen MR) is 63.5 cm³/mol. The van der Waals surface area contributed by atoms with Crippen LogP contribution < -0.4 is 0 Å². The number of carbonyl (C=O) groups excluding carboxylic acids is 1. The normalized spacial score (nSPS) is 34.1. The lowest BCUT2D eigenvalue weighted by molar-refractivity contribution is -0.146. The number of amides is 1. The minimum Gasteiger partial charge on any atom is -0.480 e. The molecule has 17 heavy (non-hydrogen) atoms. The molecule has 4 nitrogen and oxygen atoms in total.